The number of hydrogen-bond donors (Lipinski definition) is 1. The van der Waals surface area contributed by atoms with E-state index in [2.05, 4.69) is 0 Å². The summed E-state index contributed by atoms with van der Waals surface area (Å²) in [5.74, 6) is -6.22. The third kappa shape index (κ3) is 4.12. The van der Waals surface area contributed by atoms with Crippen LogP contribution in [0.15, 0.2) is 0 Å². The summed E-state index contributed by atoms with van der Waals surface area (Å²) in [4.78, 5) is 11.5. The smallest absolute Gasteiger partial charge is 0.743 e. The summed E-state index contributed by atoms with van der Waals surface area (Å²) >= 11 is 0. The monoisotopic (exact) mass is 440 g/mol. The molecule has 156 valence electrons. The minimum Gasteiger partial charge on any atom is -0.743 e. The zero-order chi connectivity index (χ0) is 20.5. The molecule has 0 radical (unpaired) electrons. The molecule has 4 aliphatic rings. The summed E-state index contributed by atoms with van der Waals surface area (Å²) in [6.07, 6.45) is -1.16. The van der Waals surface area contributed by atoms with Crippen molar-refractivity contribution < 1.29 is 74.7 Å². The number of rotatable bonds is 6. The van der Waals surface area contributed by atoms with Gasteiger partial charge in [0.15, 0.2) is 10.1 Å². The van der Waals surface area contributed by atoms with Crippen molar-refractivity contribution in [2.45, 2.75) is 74.8 Å². The van der Waals surface area contributed by atoms with E-state index < -0.39 is 50.8 Å². The van der Waals surface area contributed by atoms with E-state index in [1.165, 1.54) is 0 Å². The fourth-order valence-electron chi connectivity index (χ4n) is 5.78. The van der Waals surface area contributed by atoms with Crippen LogP contribution in [-0.2, 0) is 19.6 Å². The maximum Gasteiger partial charge on any atom is 1.00 e. The van der Waals surface area contributed by atoms with Gasteiger partial charge in [0.05, 0.1) is 12.0 Å². The fraction of sp³-hybridized carbons (Fsp3) is 0.938. The molecule has 3 atom stereocenters. The van der Waals surface area contributed by atoms with Gasteiger partial charge in [0.1, 0.15) is 6.10 Å². The Morgan fingerprint density at radius 3 is 2.11 bits per heavy atom. The first kappa shape index (κ1) is 24.3. The van der Waals surface area contributed by atoms with Crippen molar-refractivity contribution in [3.63, 3.8) is 0 Å². The molecular formula is C16H21F4NaO6S. The van der Waals surface area contributed by atoms with E-state index in [0.29, 0.717) is 25.7 Å². The van der Waals surface area contributed by atoms with Crippen molar-refractivity contribution >= 4 is 16.1 Å². The molecule has 0 saturated heterocycles. The van der Waals surface area contributed by atoms with Crippen molar-refractivity contribution in [2.24, 2.45) is 17.3 Å². The first-order valence-electron chi connectivity index (χ1n) is 8.70. The van der Waals surface area contributed by atoms with Crippen molar-refractivity contribution in [2.75, 3.05) is 0 Å². The molecule has 0 aromatic heterocycles. The summed E-state index contributed by atoms with van der Waals surface area (Å²) < 4.78 is 92.6. The maximum atomic E-state index is 14.2. The average molecular weight is 440 g/mol. The minimum absolute atomic E-state index is 0. The standard InChI is InChI=1S/C16H22F4O6S.Na/c1-9(21)26-12(7-15(17,18)16(19,20)27(23,24)25)13-3-10-2-11(4-13)6-14(22,5-10)8-13;/h10-12,22H,2-8H2,1H3,(H,23,24,25);/q;+1/p-1. The van der Waals surface area contributed by atoms with Gasteiger partial charge in [-0.15, -0.1) is 0 Å². The summed E-state index contributed by atoms with van der Waals surface area (Å²) in [6.45, 7) is 0.933. The first-order chi connectivity index (χ1) is 12.1. The third-order valence-electron chi connectivity index (χ3n) is 6.25. The van der Waals surface area contributed by atoms with Gasteiger partial charge in [-0.2, -0.15) is 17.6 Å². The van der Waals surface area contributed by atoms with Gasteiger partial charge in [-0.1, -0.05) is 0 Å². The first-order valence-corrected chi connectivity index (χ1v) is 10.1. The van der Waals surface area contributed by atoms with Crippen LogP contribution in [-0.4, -0.2) is 46.9 Å². The number of carbonyl (C=O) groups is 1. The zero-order valence-electron chi connectivity index (χ0n) is 15.6. The molecule has 12 heteroatoms. The number of ether oxygens (including phenoxy) is 1. The Morgan fingerprint density at radius 2 is 1.71 bits per heavy atom. The molecule has 4 bridgehead atoms. The second-order valence-electron chi connectivity index (χ2n) is 8.53. The maximum absolute atomic E-state index is 14.2. The van der Waals surface area contributed by atoms with E-state index in [1.54, 1.807) is 0 Å². The summed E-state index contributed by atoms with van der Waals surface area (Å²) in [7, 11) is -6.63. The number of hydrogen-bond acceptors (Lipinski definition) is 6. The Morgan fingerprint density at radius 1 is 1.21 bits per heavy atom. The van der Waals surface area contributed by atoms with Crippen LogP contribution >= 0.6 is 0 Å². The van der Waals surface area contributed by atoms with Gasteiger partial charge in [-0.05, 0) is 50.4 Å². The van der Waals surface area contributed by atoms with Crippen LogP contribution in [0.1, 0.15) is 51.9 Å². The normalized spacial score (nSPS) is 36.0. The second kappa shape index (κ2) is 7.33. The Hall–Kier alpha value is 0.0600. The summed E-state index contributed by atoms with van der Waals surface area (Å²) in [5, 5.41) is 4.88. The Bertz CT molecular complexity index is 729. The number of carbonyl (C=O) groups excluding carboxylic acids is 1. The van der Waals surface area contributed by atoms with Crippen molar-refractivity contribution in [3.05, 3.63) is 0 Å². The molecule has 0 spiro atoms. The van der Waals surface area contributed by atoms with E-state index >= 15 is 0 Å². The molecule has 0 amide bonds. The molecule has 0 aromatic carbocycles. The predicted molar refractivity (Wildman–Crippen MR) is 81.8 cm³/mol. The number of alkyl halides is 4. The van der Waals surface area contributed by atoms with Gasteiger partial charge in [0.2, 0.25) is 0 Å². The quantitative estimate of drug-likeness (QED) is 0.257. The van der Waals surface area contributed by atoms with Crippen LogP contribution in [0.4, 0.5) is 17.6 Å². The van der Waals surface area contributed by atoms with Crippen molar-refractivity contribution in [1.29, 1.82) is 0 Å². The van der Waals surface area contributed by atoms with E-state index in [9.17, 15) is 40.4 Å². The number of aliphatic hydroxyl groups is 1. The van der Waals surface area contributed by atoms with Crippen LogP contribution in [0.25, 0.3) is 0 Å². The number of esters is 1. The zero-order valence-corrected chi connectivity index (χ0v) is 18.4. The van der Waals surface area contributed by atoms with Gasteiger partial charge < -0.3 is 14.4 Å². The topological polar surface area (TPSA) is 104 Å². The molecule has 3 unspecified atom stereocenters. The fourth-order valence-corrected chi connectivity index (χ4v) is 6.23. The Kier molecular flexibility index (Phi) is 6.37. The molecule has 4 fully saturated rings. The van der Waals surface area contributed by atoms with Gasteiger partial charge in [-0.25, -0.2) is 8.42 Å². The van der Waals surface area contributed by atoms with Crippen LogP contribution < -0.4 is 29.6 Å². The van der Waals surface area contributed by atoms with Crippen LogP contribution in [0.3, 0.4) is 0 Å². The molecule has 4 rings (SSSR count). The van der Waals surface area contributed by atoms with Crippen molar-refractivity contribution in [1.82, 2.24) is 0 Å². The molecule has 4 aliphatic carbocycles. The van der Waals surface area contributed by atoms with Gasteiger partial charge in [-0.3, -0.25) is 4.79 Å². The van der Waals surface area contributed by atoms with Crippen LogP contribution in [0.2, 0.25) is 0 Å². The Labute approximate surface area is 182 Å². The van der Waals surface area contributed by atoms with Gasteiger partial charge in [0.25, 0.3) is 0 Å². The molecule has 6 nitrogen and oxygen atoms in total. The van der Waals surface area contributed by atoms with E-state index in [0.717, 1.165) is 13.3 Å². The van der Waals surface area contributed by atoms with E-state index in [-0.39, 0.29) is 47.8 Å². The van der Waals surface area contributed by atoms with Gasteiger partial charge in [0, 0.05) is 12.3 Å². The van der Waals surface area contributed by atoms with Crippen molar-refractivity contribution in [3.8, 4) is 0 Å². The van der Waals surface area contributed by atoms with Gasteiger partial charge >= 0.3 is 46.7 Å². The molecule has 1 N–H and O–H groups in total. The Balaban J connectivity index is 0.00000280. The summed E-state index contributed by atoms with van der Waals surface area (Å²) in [5.41, 5.74) is -2.28. The number of halogens is 4. The molecule has 0 heterocycles. The summed E-state index contributed by atoms with van der Waals surface area (Å²) in [6, 6.07) is 0. The molecule has 0 aliphatic heterocycles. The molecular weight excluding hydrogens is 419 g/mol. The van der Waals surface area contributed by atoms with Crippen LogP contribution in [0.5, 0.6) is 0 Å². The predicted octanol–water partition coefficient (Wildman–Crippen LogP) is -0.583. The second-order valence-corrected chi connectivity index (χ2v) is 9.95. The molecule has 28 heavy (non-hydrogen) atoms. The third-order valence-corrected chi connectivity index (χ3v) is 7.17. The van der Waals surface area contributed by atoms with E-state index in [4.69, 9.17) is 4.74 Å². The van der Waals surface area contributed by atoms with Crippen LogP contribution in [0, 0.1) is 17.3 Å². The minimum atomic E-state index is -6.63. The largest absolute Gasteiger partial charge is 1.00 e. The molecule has 0 aromatic rings. The SMILES string of the molecule is CC(=O)OC(CC(F)(F)C(F)(F)S(=O)(=O)[O-])C12CC3CC(CC(O)(C3)C1)C2.[Na+]. The van der Waals surface area contributed by atoms with E-state index in [1.807, 2.05) is 0 Å². The molecule has 4 saturated carbocycles. The average Bonchev–Trinajstić information content (AvgIpc) is 2.41.